The molecule has 1 aliphatic rings. The Labute approximate surface area is 159 Å². The molecule has 5 heteroatoms. The molecule has 1 aliphatic heterocycles. The highest BCUT2D eigenvalue weighted by Crippen LogP contribution is 2.14. The van der Waals surface area contributed by atoms with Gasteiger partial charge in [-0.05, 0) is 55.2 Å². The SMILES string of the molecule is O=C(NCCc1ccc(F)cc1)c1cccc(C(=O)N2CCCCCC2)c1. The van der Waals surface area contributed by atoms with Crippen molar-refractivity contribution in [3.8, 4) is 0 Å². The Bertz CT molecular complexity index is 781. The minimum absolute atomic E-state index is 0.00198. The van der Waals surface area contributed by atoms with Crippen LogP contribution in [0.2, 0.25) is 0 Å². The topological polar surface area (TPSA) is 49.4 Å². The maximum atomic E-state index is 12.9. The first-order chi connectivity index (χ1) is 13.1. The summed E-state index contributed by atoms with van der Waals surface area (Å²) in [7, 11) is 0. The fourth-order valence-corrected chi connectivity index (χ4v) is 3.32. The second-order valence-corrected chi connectivity index (χ2v) is 6.92. The van der Waals surface area contributed by atoms with Gasteiger partial charge in [-0.15, -0.1) is 0 Å². The van der Waals surface area contributed by atoms with Crippen LogP contribution in [0, 0.1) is 5.82 Å². The third-order valence-corrected chi connectivity index (χ3v) is 4.88. The van der Waals surface area contributed by atoms with Crippen molar-refractivity contribution in [2.24, 2.45) is 0 Å². The average molecular weight is 368 g/mol. The third-order valence-electron chi connectivity index (χ3n) is 4.88. The first-order valence-electron chi connectivity index (χ1n) is 9.55. The molecule has 0 aromatic heterocycles. The highest BCUT2D eigenvalue weighted by Gasteiger charge is 2.18. The molecule has 0 aliphatic carbocycles. The fraction of sp³-hybridized carbons (Fsp3) is 0.364. The Morgan fingerprint density at radius 2 is 1.59 bits per heavy atom. The summed E-state index contributed by atoms with van der Waals surface area (Å²) in [6.45, 7) is 2.02. The van der Waals surface area contributed by atoms with Crippen molar-refractivity contribution in [3.63, 3.8) is 0 Å². The minimum atomic E-state index is -0.270. The summed E-state index contributed by atoms with van der Waals surface area (Å²) in [5, 5.41) is 2.86. The standard InChI is InChI=1S/C22H25FN2O2/c23-20-10-8-17(9-11-20)12-13-24-21(26)18-6-5-7-19(16-18)22(27)25-14-3-1-2-4-15-25/h5-11,16H,1-4,12-15H2,(H,24,26). The molecule has 0 spiro atoms. The molecule has 142 valence electrons. The van der Waals surface area contributed by atoms with E-state index in [2.05, 4.69) is 5.32 Å². The Kier molecular flexibility index (Phi) is 6.58. The average Bonchev–Trinajstić information content (AvgIpc) is 2.98. The van der Waals surface area contributed by atoms with Crippen LogP contribution >= 0.6 is 0 Å². The lowest BCUT2D eigenvalue weighted by Gasteiger charge is -2.20. The van der Waals surface area contributed by atoms with Gasteiger partial charge < -0.3 is 10.2 Å². The van der Waals surface area contributed by atoms with Crippen LogP contribution in [0.15, 0.2) is 48.5 Å². The molecular formula is C22H25FN2O2. The van der Waals surface area contributed by atoms with E-state index in [0.29, 0.717) is 24.1 Å². The fourth-order valence-electron chi connectivity index (χ4n) is 3.32. The largest absolute Gasteiger partial charge is 0.352 e. The van der Waals surface area contributed by atoms with Crippen LogP contribution < -0.4 is 5.32 Å². The van der Waals surface area contributed by atoms with Gasteiger partial charge in [0.15, 0.2) is 0 Å². The quantitative estimate of drug-likeness (QED) is 0.872. The van der Waals surface area contributed by atoms with Gasteiger partial charge >= 0.3 is 0 Å². The first-order valence-corrected chi connectivity index (χ1v) is 9.55. The summed E-state index contributed by atoms with van der Waals surface area (Å²) < 4.78 is 12.9. The highest BCUT2D eigenvalue weighted by molar-refractivity contribution is 5.99. The monoisotopic (exact) mass is 368 g/mol. The number of hydrogen-bond donors (Lipinski definition) is 1. The molecule has 0 radical (unpaired) electrons. The molecule has 27 heavy (non-hydrogen) atoms. The molecule has 0 saturated carbocycles. The summed E-state index contributed by atoms with van der Waals surface area (Å²) in [4.78, 5) is 27.0. The molecule has 2 aromatic rings. The second-order valence-electron chi connectivity index (χ2n) is 6.92. The van der Waals surface area contributed by atoms with Crippen molar-refractivity contribution in [1.29, 1.82) is 0 Å². The Hall–Kier alpha value is -2.69. The van der Waals surface area contributed by atoms with E-state index in [1.54, 1.807) is 36.4 Å². The van der Waals surface area contributed by atoms with Crippen LogP contribution in [0.5, 0.6) is 0 Å². The Morgan fingerprint density at radius 3 is 2.30 bits per heavy atom. The van der Waals surface area contributed by atoms with Crippen LogP contribution in [0.1, 0.15) is 52.0 Å². The molecule has 0 unspecified atom stereocenters. The zero-order chi connectivity index (χ0) is 19.1. The summed E-state index contributed by atoms with van der Waals surface area (Å²) in [5.41, 5.74) is 2.00. The summed E-state index contributed by atoms with van der Waals surface area (Å²) >= 11 is 0. The van der Waals surface area contributed by atoms with Gasteiger partial charge in [0.1, 0.15) is 5.82 Å². The molecule has 2 aromatic carbocycles. The number of likely N-dealkylation sites (tertiary alicyclic amines) is 1. The predicted octanol–water partition coefficient (Wildman–Crippen LogP) is 3.81. The van der Waals surface area contributed by atoms with E-state index in [-0.39, 0.29) is 17.6 Å². The number of nitrogens with zero attached hydrogens (tertiary/aromatic N) is 1. The lowest BCUT2D eigenvalue weighted by molar-refractivity contribution is 0.0761. The van der Waals surface area contributed by atoms with E-state index in [1.807, 2.05) is 4.90 Å². The molecule has 1 N–H and O–H groups in total. The molecule has 3 rings (SSSR count). The van der Waals surface area contributed by atoms with Crippen molar-refractivity contribution < 1.29 is 14.0 Å². The molecule has 1 saturated heterocycles. The molecule has 2 amide bonds. The molecule has 0 bridgehead atoms. The van der Waals surface area contributed by atoms with Gasteiger partial charge in [0.2, 0.25) is 0 Å². The van der Waals surface area contributed by atoms with Crippen LogP contribution in [0.4, 0.5) is 4.39 Å². The van der Waals surface area contributed by atoms with Gasteiger partial charge in [-0.25, -0.2) is 4.39 Å². The van der Waals surface area contributed by atoms with Gasteiger partial charge in [0, 0.05) is 30.8 Å². The van der Waals surface area contributed by atoms with E-state index in [9.17, 15) is 14.0 Å². The van der Waals surface area contributed by atoms with E-state index in [1.165, 1.54) is 25.0 Å². The van der Waals surface area contributed by atoms with E-state index < -0.39 is 0 Å². The second kappa shape index (κ2) is 9.31. The number of rotatable bonds is 5. The number of benzene rings is 2. The Balaban J connectivity index is 1.57. The van der Waals surface area contributed by atoms with Gasteiger partial charge in [-0.1, -0.05) is 31.0 Å². The lowest BCUT2D eigenvalue weighted by atomic mass is 10.1. The predicted molar refractivity (Wildman–Crippen MR) is 103 cm³/mol. The maximum Gasteiger partial charge on any atom is 0.253 e. The van der Waals surface area contributed by atoms with Gasteiger partial charge in [-0.3, -0.25) is 9.59 Å². The molecular weight excluding hydrogens is 343 g/mol. The van der Waals surface area contributed by atoms with Gasteiger partial charge in [0.05, 0.1) is 0 Å². The van der Waals surface area contributed by atoms with Gasteiger partial charge in [0.25, 0.3) is 11.8 Å². The maximum absolute atomic E-state index is 12.9. The zero-order valence-corrected chi connectivity index (χ0v) is 15.4. The number of carbonyl (C=O) groups excluding carboxylic acids is 2. The van der Waals surface area contributed by atoms with Crippen molar-refractivity contribution >= 4 is 11.8 Å². The first kappa shape index (κ1) is 19.1. The highest BCUT2D eigenvalue weighted by atomic mass is 19.1. The van der Waals surface area contributed by atoms with Gasteiger partial charge in [-0.2, -0.15) is 0 Å². The van der Waals surface area contributed by atoms with E-state index >= 15 is 0 Å². The molecule has 4 nitrogen and oxygen atoms in total. The number of carbonyl (C=O) groups is 2. The smallest absolute Gasteiger partial charge is 0.253 e. The third kappa shape index (κ3) is 5.39. The van der Waals surface area contributed by atoms with Crippen LogP contribution in [0.3, 0.4) is 0 Å². The van der Waals surface area contributed by atoms with Crippen molar-refractivity contribution in [1.82, 2.24) is 10.2 Å². The molecule has 0 atom stereocenters. The summed E-state index contributed by atoms with van der Waals surface area (Å²) in [5.74, 6) is -0.478. The van der Waals surface area contributed by atoms with E-state index in [4.69, 9.17) is 0 Å². The van der Waals surface area contributed by atoms with Crippen molar-refractivity contribution in [2.75, 3.05) is 19.6 Å². The van der Waals surface area contributed by atoms with Crippen LogP contribution in [0.25, 0.3) is 0 Å². The number of hydrogen-bond acceptors (Lipinski definition) is 2. The summed E-state index contributed by atoms with van der Waals surface area (Å²) in [6.07, 6.45) is 5.03. The Morgan fingerprint density at radius 1 is 0.926 bits per heavy atom. The minimum Gasteiger partial charge on any atom is -0.352 e. The van der Waals surface area contributed by atoms with Crippen molar-refractivity contribution in [2.45, 2.75) is 32.1 Å². The number of amides is 2. The van der Waals surface area contributed by atoms with E-state index in [0.717, 1.165) is 31.5 Å². The number of nitrogens with one attached hydrogen (secondary N) is 1. The van der Waals surface area contributed by atoms with Crippen LogP contribution in [-0.2, 0) is 6.42 Å². The van der Waals surface area contributed by atoms with Crippen LogP contribution in [-0.4, -0.2) is 36.3 Å². The van der Waals surface area contributed by atoms with Crippen molar-refractivity contribution in [3.05, 3.63) is 71.0 Å². The summed E-state index contributed by atoms with van der Waals surface area (Å²) in [6, 6.07) is 13.1. The number of halogens is 1. The molecule has 1 fully saturated rings. The zero-order valence-electron chi connectivity index (χ0n) is 15.4. The lowest BCUT2D eigenvalue weighted by Crippen LogP contribution is -2.32. The normalized spacial score (nSPS) is 14.5. The molecule has 1 heterocycles.